The summed E-state index contributed by atoms with van der Waals surface area (Å²) >= 11 is 2.78. The third kappa shape index (κ3) is 6.19. The van der Waals surface area contributed by atoms with Crippen molar-refractivity contribution in [3.63, 3.8) is 0 Å². The van der Waals surface area contributed by atoms with E-state index < -0.39 is 23.1 Å². The molecule has 1 aliphatic rings. The van der Waals surface area contributed by atoms with Crippen molar-refractivity contribution in [2.75, 3.05) is 17.2 Å². The van der Waals surface area contributed by atoms with Gasteiger partial charge < -0.3 is 20.5 Å². The number of amides is 2. The zero-order valence-corrected chi connectivity index (χ0v) is 24.8. The summed E-state index contributed by atoms with van der Waals surface area (Å²) in [5.74, 6) is -2.19. The van der Waals surface area contributed by atoms with Gasteiger partial charge in [0.25, 0.3) is 5.91 Å². The quantitative estimate of drug-likeness (QED) is 0.139. The molecule has 0 saturated carbocycles. The SMILES string of the molecule is CCOC(=O)c1c(NC(=O)C(C)Sc2cccc(NC(=O)c3cccc4cccc(C(=O)O)c34)c2)sc2c1CCCC2. The molecule has 3 aromatic carbocycles. The Morgan fingerprint density at radius 2 is 1.69 bits per heavy atom. The van der Waals surface area contributed by atoms with Gasteiger partial charge in [0.15, 0.2) is 0 Å². The van der Waals surface area contributed by atoms with Gasteiger partial charge in [0, 0.05) is 26.4 Å². The van der Waals surface area contributed by atoms with Crippen LogP contribution in [0.4, 0.5) is 10.7 Å². The van der Waals surface area contributed by atoms with Crippen molar-refractivity contribution in [2.45, 2.75) is 49.7 Å². The number of ether oxygens (including phenoxy) is 1. The number of rotatable bonds is 9. The summed E-state index contributed by atoms with van der Waals surface area (Å²) in [6.45, 7) is 3.81. The molecule has 3 N–H and O–H groups in total. The van der Waals surface area contributed by atoms with E-state index >= 15 is 0 Å². The minimum atomic E-state index is -1.11. The number of carboxylic acid groups (broad SMARTS) is 1. The highest BCUT2D eigenvalue weighted by Crippen LogP contribution is 2.39. The lowest BCUT2D eigenvalue weighted by atomic mass is 9.95. The van der Waals surface area contributed by atoms with Crippen molar-refractivity contribution in [3.8, 4) is 0 Å². The van der Waals surface area contributed by atoms with Crippen molar-refractivity contribution < 1.29 is 29.0 Å². The number of esters is 1. The fourth-order valence-electron chi connectivity index (χ4n) is 5.10. The number of hydrogen-bond donors (Lipinski definition) is 3. The summed E-state index contributed by atoms with van der Waals surface area (Å²) in [5.41, 5.74) is 2.29. The Bertz CT molecular complexity index is 1690. The van der Waals surface area contributed by atoms with Gasteiger partial charge in [0.05, 0.1) is 23.0 Å². The second-order valence-electron chi connectivity index (χ2n) is 9.88. The topological polar surface area (TPSA) is 122 Å². The highest BCUT2D eigenvalue weighted by atomic mass is 32.2. The number of aryl methyl sites for hydroxylation is 1. The van der Waals surface area contributed by atoms with Crippen LogP contribution in [-0.2, 0) is 22.4 Å². The number of aromatic carboxylic acids is 1. The zero-order chi connectivity index (χ0) is 29.8. The normalized spacial score (nSPS) is 13.2. The van der Waals surface area contributed by atoms with Gasteiger partial charge in [-0.15, -0.1) is 23.1 Å². The minimum absolute atomic E-state index is 0.0556. The van der Waals surface area contributed by atoms with E-state index in [1.54, 1.807) is 62.4 Å². The van der Waals surface area contributed by atoms with Gasteiger partial charge in [-0.3, -0.25) is 9.59 Å². The number of carboxylic acids is 1. The summed E-state index contributed by atoms with van der Waals surface area (Å²) in [6.07, 6.45) is 3.75. The van der Waals surface area contributed by atoms with Crippen molar-refractivity contribution in [1.82, 2.24) is 0 Å². The van der Waals surface area contributed by atoms with Gasteiger partial charge in [-0.2, -0.15) is 0 Å². The van der Waals surface area contributed by atoms with E-state index in [0.717, 1.165) is 41.0 Å². The second-order valence-corrected chi connectivity index (χ2v) is 12.4. The van der Waals surface area contributed by atoms with E-state index in [4.69, 9.17) is 4.74 Å². The molecule has 1 heterocycles. The van der Waals surface area contributed by atoms with Gasteiger partial charge in [0.1, 0.15) is 5.00 Å². The van der Waals surface area contributed by atoms with E-state index in [-0.39, 0.29) is 23.6 Å². The molecule has 1 aliphatic carbocycles. The zero-order valence-electron chi connectivity index (χ0n) is 23.2. The van der Waals surface area contributed by atoms with Gasteiger partial charge in [0.2, 0.25) is 5.91 Å². The van der Waals surface area contributed by atoms with Gasteiger partial charge in [-0.1, -0.05) is 30.3 Å². The lowest BCUT2D eigenvalue weighted by Gasteiger charge is -2.14. The standard InChI is InChI=1S/C32H30N2O6S2/c1-3-40-32(39)27-22-13-4-5-16-25(22)42-30(27)34-28(35)18(2)41-21-12-8-11-20(17-21)33-29(36)23-14-6-9-19-10-7-15-24(26(19)23)31(37)38/h6-12,14-15,17-18H,3-5,13,16H2,1-2H3,(H,33,36)(H,34,35)(H,37,38). The van der Waals surface area contributed by atoms with E-state index in [9.17, 15) is 24.3 Å². The van der Waals surface area contributed by atoms with Crippen LogP contribution in [0.15, 0.2) is 65.6 Å². The summed E-state index contributed by atoms with van der Waals surface area (Å²) in [5, 5.41) is 16.6. The number of thioether (sulfide) groups is 1. The molecule has 0 spiro atoms. The first-order valence-corrected chi connectivity index (χ1v) is 15.4. The molecule has 0 aliphatic heterocycles. The maximum atomic E-state index is 13.3. The molecule has 216 valence electrons. The minimum Gasteiger partial charge on any atom is -0.478 e. The number of fused-ring (bicyclic) bond motifs is 2. The average molecular weight is 603 g/mol. The third-order valence-corrected chi connectivity index (χ3v) is 9.34. The molecule has 2 amide bonds. The molecule has 1 aromatic heterocycles. The summed E-state index contributed by atoms with van der Waals surface area (Å²) < 4.78 is 5.30. The number of carbonyl (C=O) groups is 4. The number of nitrogens with one attached hydrogen (secondary N) is 2. The van der Waals surface area contributed by atoms with Crippen LogP contribution >= 0.6 is 23.1 Å². The van der Waals surface area contributed by atoms with Gasteiger partial charge >= 0.3 is 11.9 Å². The number of anilines is 2. The van der Waals surface area contributed by atoms with Crippen LogP contribution in [0.5, 0.6) is 0 Å². The summed E-state index contributed by atoms with van der Waals surface area (Å²) in [4.78, 5) is 52.9. The van der Waals surface area contributed by atoms with Crippen LogP contribution in [0, 0.1) is 0 Å². The number of hydrogen-bond acceptors (Lipinski definition) is 7. The van der Waals surface area contributed by atoms with Crippen LogP contribution in [0.2, 0.25) is 0 Å². The molecule has 1 unspecified atom stereocenters. The molecule has 5 rings (SSSR count). The fraction of sp³-hybridized carbons (Fsp3) is 0.250. The van der Waals surface area contributed by atoms with Crippen LogP contribution in [-0.4, -0.2) is 40.7 Å². The predicted octanol–water partition coefficient (Wildman–Crippen LogP) is 7.03. The highest BCUT2D eigenvalue weighted by molar-refractivity contribution is 8.00. The number of carbonyl (C=O) groups excluding carboxylic acids is 3. The maximum Gasteiger partial charge on any atom is 0.341 e. The first-order valence-electron chi connectivity index (χ1n) is 13.7. The highest BCUT2D eigenvalue weighted by Gasteiger charge is 2.28. The number of thiophene rings is 1. The number of benzene rings is 3. The Hall–Kier alpha value is -4.15. The van der Waals surface area contributed by atoms with E-state index in [1.807, 2.05) is 6.07 Å². The molecule has 42 heavy (non-hydrogen) atoms. The monoisotopic (exact) mass is 602 g/mol. The Kier molecular flexibility index (Phi) is 8.94. The Labute approximate surface area is 251 Å². The second kappa shape index (κ2) is 12.8. The summed E-state index contributed by atoms with van der Waals surface area (Å²) in [6, 6.07) is 17.1. The Morgan fingerprint density at radius 3 is 2.43 bits per heavy atom. The van der Waals surface area contributed by atoms with Crippen LogP contribution < -0.4 is 10.6 Å². The van der Waals surface area contributed by atoms with Crippen molar-refractivity contribution >= 4 is 68.3 Å². The average Bonchev–Trinajstić information content (AvgIpc) is 3.34. The predicted molar refractivity (Wildman–Crippen MR) is 166 cm³/mol. The van der Waals surface area contributed by atoms with E-state index in [0.29, 0.717) is 27.0 Å². The summed E-state index contributed by atoms with van der Waals surface area (Å²) in [7, 11) is 0. The molecule has 1 atom stereocenters. The molecule has 4 aromatic rings. The lowest BCUT2D eigenvalue weighted by molar-refractivity contribution is -0.115. The molecule has 8 nitrogen and oxygen atoms in total. The van der Waals surface area contributed by atoms with Crippen LogP contribution in [0.3, 0.4) is 0 Å². The van der Waals surface area contributed by atoms with Crippen molar-refractivity contribution in [1.29, 1.82) is 0 Å². The van der Waals surface area contributed by atoms with Crippen LogP contribution in [0.25, 0.3) is 10.8 Å². The lowest BCUT2D eigenvalue weighted by Crippen LogP contribution is -2.23. The van der Waals surface area contributed by atoms with E-state index in [1.165, 1.54) is 29.2 Å². The van der Waals surface area contributed by atoms with Crippen LogP contribution in [0.1, 0.15) is 68.2 Å². The Morgan fingerprint density at radius 1 is 0.976 bits per heavy atom. The van der Waals surface area contributed by atoms with Gasteiger partial charge in [-0.25, -0.2) is 9.59 Å². The molecule has 0 bridgehead atoms. The molecule has 0 fully saturated rings. The van der Waals surface area contributed by atoms with Crippen molar-refractivity contribution in [2.24, 2.45) is 0 Å². The largest absolute Gasteiger partial charge is 0.478 e. The maximum absolute atomic E-state index is 13.3. The first kappa shape index (κ1) is 29.3. The molecular formula is C32H30N2O6S2. The molecule has 10 heteroatoms. The first-order chi connectivity index (χ1) is 20.3. The molecular weight excluding hydrogens is 572 g/mol. The fourth-order valence-corrected chi connectivity index (χ4v) is 7.31. The molecule has 0 saturated heterocycles. The third-order valence-electron chi connectivity index (χ3n) is 7.04. The van der Waals surface area contributed by atoms with Gasteiger partial charge in [-0.05, 0) is 80.8 Å². The smallest absolute Gasteiger partial charge is 0.341 e. The van der Waals surface area contributed by atoms with E-state index in [2.05, 4.69) is 10.6 Å². The van der Waals surface area contributed by atoms with Crippen molar-refractivity contribution in [3.05, 3.63) is 87.8 Å². The Balaban J connectivity index is 1.31. The molecule has 0 radical (unpaired) electrons.